The van der Waals surface area contributed by atoms with Crippen LogP contribution < -0.4 is 21.7 Å². The highest BCUT2D eigenvalue weighted by Gasteiger charge is 2.29. The summed E-state index contributed by atoms with van der Waals surface area (Å²) >= 11 is 0. The lowest BCUT2D eigenvalue weighted by Gasteiger charge is -2.24. The number of aromatic hydroxyl groups is 2. The van der Waals surface area contributed by atoms with E-state index in [1.807, 2.05) is 13.8 Å². The van der Waals surface area contributed by atoms with Gasteiger partial charge in [0, 0.05) is 12.8 Å². The van der Waals surface area contributed by atoms with Crippen molar-refractivity contribution in [2.45, 2.75) is 64.2 Å². The Labute approximate surface area is 221 Å². The van der Waals surface area contributed by atoms with Gasteiger partial charge in [0.15, 0.2) is 0 Å². The maximum Gasteiger partial charge on any atom is 0.326 e. The van der Waals surface area contributed by atoms with E-state index in [0.29, 0.717) is 17.5 Å². The number of rotatable bonds is 13. The second kappa shape index (κ2) is 14.0. The number of carboxylic acid groups (broad SMARTS) is 1. The molecule has 0 radical (unpaired) electrons. The molecule has 0 aliphatic rings. The van der Waals surface area contributed by atoms with E-state index in [4.69, 9.17) is 5.73 Å². The summed E-state index contributed by atoms with van der Waals surface area (Å²) in [4.78, 5) is 50.2. The highest BCUT2D eigenvalue weighted by molar-refractivity contribution is 5.94. The molecule has 0 aliphatic carbocycles. The van der Waals surface area contributed by atoms with Crippen LogP contribution in [0, 0.1) is 5.92 Å². The normalized spacial score (nSPS) is 14.1. The zero-order valence-corrected chi connectivity index (χ0v) is 21.7. The highest BCUT2D eigenvalue weighted by Crippen LogP contribution is 2.13. The lowest BCUT2D eigenvalue weighted by molar-refractivity contribution is -0.142. The van der Waals surface area contributed by atoms with Gasteiger partial charge in [-0.25, -0.2) is 4.79 Å². The van der Waals surface area contributed by atoms with Crippen molar-refractivity contribution in [1.29, 1.82) is 0 Å². The molecule has 0 fully saturated rings. The predicted molar refractivity (Wildman–Crippen MR) is 140 cm³/mol. The third-order valence-corrected chi connectivity index (χ3v) is 5.81. The van der Waals surface area contributed by atoms with E-state index in [1.165, 1.54) is 31.2 Å². The van der Waals surface area contributed by atoms with Crippen LogP contribution in [0.5, 0.6) is 11.5 Å². The number of aliphatic carboxylic acids is 1. The highest BCUT2D eigenvalue weighted by atomic mass is 16.4. The Morgan fingerprint density at radius 3 is 1.61 bits per heavy atom. The van der Waals surface area contributed by atoms with Crippen molar-refractivity contribution in [3.05, 3.63) is 59.7 Å². The number of carbonyl (C=O) groups excluding carboxylic acids is 3. The number of carboxylic acids is 1. The van der Waals surface area contributed by atoms with Crippen molar-refractivity contribution < 1.29 is 34.5 Å². The molecule has 0 heterocycles. The van der Waals surface area contributed by atoms with Gasteiger partial charge in [-0.3, -0.25) is 14.4 Å². The quantitative estimate of drug-likeness (QED) is 0.199. The monoisotopic (exact) mass is 528 g/mol. The molecule has 11 heteroatoms. The smallest absolute Gasteiger partial charge is 0.326 e. The third-order valence-electron chi connectivity index (χ3n) is 5.81. The van der Waals surface area contributed by atoms with Gasteiger partial charge in [-0.15, -0.1) is 0 Å². The molecule has 2 aromatic carbocycles. The number of phenols is 2. The first-order valence-corrected chi connectivity index (χ1v) is 12.3. The Bertz CT molecular complexity index is 1100. The van der Waals surface area contributed by atoms with E-state index in [1.54, 1.807) is 24.3 Å². The lowest BCUT2D eigenvalue weighted by atomic mass is 10.0. The maximum atomic E-state index is 13.1. The number of hydrogen-bond acceptors (Lipinski definition) is 7. The molecule has 8 N–H and O–H groups in total. The van der Waals surface area contributed by atoms with Gasteiger partial charge in [-0.1, -0.05) is 38.1 Å². The zero-order valence-electron chi connectivity index (χ0n) is 21.7. The number of benzene rings is 2. The molecule has 4 unspecified atom stereocenters. The Kier molecular flexibility index (Phi) is 11.1. The average Bonchev–Trinajstić information content (AvgIpc) is 2.85. The van der Waals surface area contributed by atoms with Gasteiger partial charge in [0.1, 0.15) is 29.6 Å². The molecule has 0 saturated heterocycles. The van der Waals surface area contributed by atoms with Crippen LogP contribution in [-0.2, 0) is 32.0 Å². The minimum atomic E-state index is -1.27. The molecule has 206 valence electrons. The molecule has 2 aromatic rings. The summed E-state index contributed by atoms with van der Waals surface area (Å²) in [5.41, 5.74) is 7.21. The molecule has 0 aliphatic heterocycles. The fourth-order valence-electron chi connectivity index (χ4n) is 3.71. The van der Waals surface area contributed by atoms with Crippen LogP contribution >= 0.6 is 0 Å². The minimum Gasteiger partial charge on any atom is -0.508 e. The van der Waals surface area contributed by atoms with Crippen LogP contribution in [0.1, 0.15) is 38.3 Å². The summed E-state index contributed by atoms with van der Waals surface area (Å²) in [6.07, 6.45) is 0.449. The van der Waals surface area contributed by atoms with Gasteiger partial charge < -0.3 is 37.0 Å². The SMILES string of the molecule is CC(C)CC(N)C(=O)NC(Cc1ccc(O)cc1)C(=O)NC(C)C(=O)NC(Cc1ccc(O)cc1)C(=O)O. The molecule has 2 rings (SSSR count). The lowest BCUT2D eigenvalue weighted by Crippen LogP contribution is -2.57. The Morgan fingerprint density at radius 2 is 1.16 bits per heavy atom. The van der Waals surface area contributed by atoms with Gasteiger partial charge >= 0.3 is 5.97 Å². The van der Waals surface area contributed by atoms with E-state index in [0.717, 1.165) is 0 Å². The molecule has 0 spiro atoms. The summed E-state index contributed by atoms with van der Waals surface area (Å²) in [7, 11) is 0. The van der Waals surface area contributed by atoms with E-state index < -0.39 is 47.9 Å². The van der Waals surface area contributed by atoms with Crippen molar-refractivity contribution in [2.24, 2.45) is 11.7 Å². The molecule has 0 saturated carbocycles. The second-order valence-electron chi connectivity index (χ2n) is 9.67. The number of phenolic OH excluding ortho intramolecular Hbond substituents is 2. The Balaban J connectivity index is 2.09. The number of nitrogens with one attached hydrogen (secondary N) is 3. The summed E-state index contributed by atoms with van der Waals surface area (Å²) < 4.78 is 0. The van der Waals surface area contributed by atoms with Crippen molar-refractivity contribution in [1.82, 2.24) is 16.0 Å². The van der Waals surface area contributed by atoms with E-state index in [9.17, 15) is 34.5 Å². The predicted octanol–water partition coefficient (Wildman–Crippen LogP) is 0.815. The van der Waals surface area contributed by atoms with Crippen molar-refractivity contribution in [2.75, 3.05) is 0 Å². The summed E-state index contributed by atoms with van der Waals surface area (Å²) in [5.74, 6) is -2.93. The third kappa shape index (κ3) is 9.74. The van der Waals surface area contributed by atoms with Crippen LogP contribution in [0.15, 0.2) is 48.5 Å². The van der Waals surface area contributed by atoms with Gasteiger partial charge in [0.25, 0.3) is 0 Å². The van der Waals surface area contributed by atoms with Crippen LogP contribution in [0.2, 0.25) is 0 Å². The van der Waals surface area contributed by atoms with E-state index in [2.05, 4.69) is 16.0 Å². The number of carbonyl (C=O) groups is 4. The number of amides is 3. The first-order valence-electron chi connectivity index (χ1n) is 12.3. The fraction of sp³-hybridized carbons (Fsp3) is 0.407. The summed E-state index contributed by atoms with van der Waals surface area (Å²) in [6, 6.07) is 7.73. The molecular formula is C27H36N4O7. The average molecular weight is 529 g/mol. The van der Waals surface area contributed by atoms with Gasteiger partial charge in [0.2, 0.25) is 17.7 Å². The summed E-state index contributed by atoms with van der Waals surface area (Å²) in [6.45, 7) is 5.23. The minimum absolute atomic E-state index is 0.0279. The van der Waals surface area contributed by atoms with Crippen molar-refractivity contribution in [3.63, 3.8) is 0 Å². The topological polar surface area (TPSA) is 191 Å². The first-order chi connectivity index (χ1) is 17.8. The van der Waals surface area contributed by atoms with Gasteiger partial charge in [-0.2, -0.15) is 0 Å². The molecule has 38 heavy (non-hydrogen) atoms. The standard InChI is InChI=1S/C27H36N4O7/c1-15(2)12-21(28)25(35)30-22(13-17-4-8-19(32)9-5-17)26(36)29-16(3)24(34)31-23(27(37)38)14-18-6-10-20(33)11-7-18/h4-11,15-16,21-23,32-33H,12-14,28H2,1-3H3,(H,29,36)(H,30,35)(H,31,34)(H,37,38). The molecule has 4 atom stereocenters. The van der Waals surface area contributed by atoms with Crippen LogP contribution in [-0.4, -0.2) is 63.2 Å². The van der Waals surface area contributed by atoms with Crippen LogP contribution in [0.4, 0.5) is 0 Å². The van der Waals surface area contributed by atoms with E-state index >= 15 is 0 Å². The first kappa shape index (κ1) is 30.1. The molecule has 0 bridgehead atoms. The van der Waals surface area contributed by atoms with Crippen LogP contribution in [0.3, 0.4) is 0 Å². The number of hydrogen-bond donors (Lipinski definition) is 7. The number of nitrogens with two attached hydrogens (primary N) is 1. The molecular weight excluding hydrogens is 492 g/mol. The zero-order chi connectivity index (χ0) is 28.4. The fourth-order valence-corrected chi connectivity index (χ4v) is 3.71. The van der Waals surface area contributed by atoms with Crippen molar-refractivity contribution in [3.8, 4) is 11.5 Å². The summed E-state index contributed by atoms with van der Waals surface area (Å²) in [5, 5.41) is 36.1. The molecule has 3 amide bonds. The largest absolute Gasteiger partial charge is 0.508 e. The van der Waals surface area contributed by atoms with Crippen molar-refractivity contribution >= 4 is 23.7 Å². The van der Waals surface area contributed by atoms with Crippen LogP contribution in [0.25, 0.3) is 0 Å². The van der Waals surface area contributed by atoms with E-state index in [-0.39, 0.29) is 30.3 Å². The Morgan fingerprint density at radius 1 is 0.711 bits per heavy atom. The molecule has 0 aromatic heterocycles. The van der Waals surface area contributed by atoms with Gasteiger partial charge in [0.05, 0.1) is 6.04 Å². The maximum absolute atomic E-state index is 13.1. The van der Waals surface area contributed by atoms with Gasteiger partial charge in [-0.05, 0) is 54.7 Å². The molecule has 11 nitrogen and oxygen atoms in total. The second-order valence-corrected chi connectivity index (χ2v) is 9.67. The Hall–Kier alpha value is -4.12.